The Morgan fingerprint density at radius 3 is 2.79 bits per heavy atom. The number of ether oxygens (including phenoxy) is 1. The molecule has 8 heteroatoms. The van der Waals surface area contributed by atoms with E-state index in [1.807, 2.05) is 29.1 Å². The summed E-state index contributed by atoms with van der Waals surface area (Å²) in [6.45, 7) is 0. The molecule has 1 aliphatic carbocycles. The monoisotopic (exact) mass is 409 g/mol. The Balaban J connectivity index is 1.63. The summed E-state index contributed by atoms with van der Waals surface area (Å²) in [5, 5.41) is 17.6. The number of nitrogens with one attached hydrogen (secondary N) is 1. The van der Waals surface area contributed by atoms with Crippen LogP contribution in [-0.2, 0) is 0 Å². The largest absolute Gasteiger partial charge is 0.494 e. The summed E-state index contributed by atoms with van der Waals surface area (Å²) >= 11 is 5.99. The molecule has 1 aliphatic rings. The first-order valence-corrected chi connectivity index (χ1v) is 9.90. The number of benzene rings is 1. The molecule has 1 aromatic carbocycles. The van der Waals surface area contributed by atoms with E-state index in [1.165, 1.54) is 31.5 Å². The Hall–Kier alpha value is -3.11. The lowest BCUT2D eigenvalue weighted by Crippen LogP contribution is -2.13. The van der Waals surface area contributed by atoms with Crippen LogP contribution in [0.3, 0.4) is 0 Å². The number of aromatic nitrogens is 3. The lowest BCUT2D eigenvalue weighted by Gasteiger charge is -2.21. The van der Waals surface area contributed by atoms with Gasteiger partial charge in [-0.15, -0.1) is 0 Å². The van der Waals surface area contributed by atoms with E-state index in [-0.39, 0.29) is 22.2 Å². The number of methoxy groups -OCH3 is 1. The van der Waals surface area contributed by atoms with Crippen LogP contribution in [-0.4, -0.2) is 27.8 Å². The molecular formula is C21H20ClN5O2. The molecule has 4 rings (SSSR count). The number of pyridine rings is 1. The molecular weight excluding hydrogens is 390 g/mol. The first-order valence-electron chi connectivity index (χ1n) is 9.53. The predicted molar refractivity (Wildman–Crippen MR) is 110 cm³/mol. The van der Waals surface area contributed by atoms with Crippen LogP contribution in [0.2, 0.25) is 5.02 Å². The van der Waals surface area contributed by atoms with Crippen molar-refractivity contribution in [1.29, 1.82) is 5.26 Å². The van der Waals surface area contributed by atoms with Crippen molar-refractivity contribution in [2.75, 3.05) is 12.4 Å². The summed E-state index contributed by atoms with van der Waals surface area (Å²) in [6, 6.07) is 7.41. The minimum absolute atomic E-state index is 0.0809. The first-order chi connectivity index (χ1) is 14.1. The number of hydrogen-bond acceptors (Lipinski definition) is 5. The lowest BCUT2D eigenvalue weighted by atomic mass is 9.96. The number of halogens is 1. The third-order valence-corrected chi connectivity index (χ3v) is 5.54. The van der Waals surface area contributed by atoms with Gasteiger partial charge in [-0.3, -0.25) is 9.48 Å². The van der Waals surface area contributed by atoms with Gasteiger partial charge in [0.15, 0.2) is 5.69 Å². The minimum atomic E-state index is -0.388. The van der Waals surface area contributed by atoms with Crippen molar-refractivity contribution >= 4 is 34.1 Å². The topological polar surface area (TPSA) is 92.8 Å². The molecule has 0 radical (unpaired) electrons. The standard InChI is InChI=1S/C21H20ClN5O2/c1-29-20-9-17-14(12-27(26-17)15-5-3-2-4-6-15)8-18(20)25-21(28)13-7-16(22)19(10-23)24-11-13/h7-9,11-12,15H,2-6H2,1H3,(H,25,28). The SMILES string of the molecule is COc1cc2nn(C3CCCCC3)cc2cc1NC(=O)c1cnc(C#N)c(Cl)c1. The van der Waals surface area contributed by atoms with Crippen molar-refractivity contribution in [3.05, 3.63) is 46.9 Å². The average molecular weight is 410 g/mol. The molecule has 148 valence electrons. The van der Waals surface area contributed by atoms with Gasteiger partial charge in [-0.2, -0.15) is 10.4 Å². The molecule has 0 spiro atoms. The fourth-order valence-electron chi connectivity index (χ4n) is 3.71. The zero-order valence-corrected chi connectivity index (χ0v) is 16.7. The fraction of sp³-hybridized carbons (Fsp3) is 0.333. The highest BCUT2D eigenvalue weighted by atomic mass is 35.5. The number of amides is 1. The van der Waals surface area contributed by atoms with Crippen molar-refractivity contribution in [3.63, 3.8) is 0 Å². The van der Waals surface area contributed by atoms with Crippen LogP contribution in [0.15, 0.2) is 30.6 Å². The Labute approximate surface area is 173 Å². The predicted octanol–water partition coefficient (Wildman–Crippen LogP) is 4.72. The number of anilines is 1. The van der Waals surface area contributed by atoms with Gasteiger partial charge in [-0.05, 0) is 25.0 Å². The van der Waals surface area contributed by atoms with Gasteiger partial charge < -0.3 is 10.1 Å². The van der Waals surface area contributed by atoms with Crippen molar-refractivity contribution in [3.8, 4) is 11.8 Å². The molecule has 29 heavy (non-hydrogen) atoms. The maximum Gasteiger partial charge on any atom is 0.257 e. The van der Waals surface area contributed by atoms with Crippen molar-refractivity contribution in [1.82, 2.24) is 14.8 Å². The molecule has 1 N–H and O–H groups in total. The number of carbonyl (C=O) groups is 1. The third kappa shape index (κ3) is 3.89. The van der Waals surface area contributed by atoms with E-state index in [9.17, 15) is 4.79 Å². The summed E-state index contributed by atoms with van der Waals surface area (Å²) in [5.41, 5.74) is 1.70. The molecule has 7 nitrogen and oxygen atoms in total. The summed E-state index contributed by atoms with van der Waals surface area (Å²) in [7, 11) is 1.55. The van der Waals surface area contributed by atoms with Gasteiger partial charge in [-0.25, -0.2) is 4.98 Å². The molecule has 3 aromatic rings. The summed E-state index contributed by atoms with van der Waals surface area (Å²) in [6.07, 6.45) is 9.38. The average Bonchev–Trinajstić information content (AvgIpc) is 3.16. The highest BCUT2D eigenvalue weighted by Gasteiger charge is 2.18. The van der Waals surface area contributed by atoms with Crippen molar-refractivity contribution < 1.29 is 9.53 Å². The lowest BCUT2D eigenvalue weighted by molar-refractivity contribution is 0.102. The maximum atomic E-state index is 12.7. The second kappa shape index (κ2) is 8.10. The zero-order chi connectivity index (χ0) is 20.4. The van der Waals surface area contributed by atoms with Gasteiger partial charge in [0, 0.05) is 23.8 Å². The molecule has 1 saturated carbocycles. The van der Waals surface area contributed by atoms with E-state index in [2.05, 4.69) is 10.3 Å². The van der Waals surface area contributed by atoms with E-state index >= 15 is 0 Å². The number of nitrogens with zero attached hydrogens (tertiary/aromatic N) is 4. The number of fused-ring (bicyclic) bond motifs is 1. The van der Waals surface area contributed by atoms with E-state index in [4.69, 9.17) is 26.7 Å². The molecule has 2 aromatic heterocycles. The van der Waals surface area contributed by atoms with Crippen LogP contribution in [0.4, 0.5) is 5.69 Å². The normalized spacial score (nSPS) is 14.5. The zero-order valence-electron chi connectivity index (χ0n) is 16.0. The highest BCUT2D eigenvalue weighted by Crippen LogP contribution is 2.33. The minimum Gasteiger partial charge on any atom is -0.494 e. The molecule has 1 fully saturated rings. The molecule has 0 unspecified atom stereocenters. The Morgan fingerprint density at radius 2 is 2.10 bits per heavy atom. The van der Waals surface area contributed by atoms with Gasteiger partial charge in [0.25, 0.3) is 5.91 Å². The number of nitriles is 1. The van der Waals surface area contributed by atoms with Gasteiger partial charge in [0.1, 0.15) is 11.8 Å². The van der Waals surface area contributed by atoms with E-state index in [0.29, 0.717) is 17.5 Å². The van der Waals surface area contributed by atoms with Crippen LogP contribution in [0.25, 0.3) is 10.9 Å². The maximum absolute atomic E-state index is 12.7. The summed E-state index contributed by atoms with van der Waals surface area (Å²) < 4.78 is 7.50. The van der Waals surface area contributed by atoms with Crippen LogP contribution in [0.1, 0.15) is 54.2 Å². The molecule has 0 atom stereocenters. The molecule has 0 aliphatic heterocycles. The van der Waals surface area contributed by atoms with Gasteiger partial charge in [0.05, 0.1) is 34.9 Å². The summed E-state index contributed by atoms with van der Waals surface area (Å²) in [4.78, 5) is 16.6. The fourth-order valence-corrected chi connectivity index (χ4v) is 3.92. The second-order valence-electron chi connectivity index (χ2n) is 7.13. The third-order valence-electron chi connectivity index (χ3n) is 5.25. The summed E-state index contributed by atoms with van der Waals surface area (Å²) in [5.74, 6) is 0.133. The van der Waals surface area contributed by atoms with Gasteiger partial charge >= 0.3 is 0 Å². The van der Waals surface area contributed by atoms with Crippen LogP contribution in [0.5, 0.6) is 5.75 Å². The molecule has 1 amide bonds. The van der Waals surface area contributed by atoms with E-state index < -0.39 is 0 Å². The molecule has 2 heterocycles. The highest BCUT2D eigenvalue weighted by molar-refractivity contribution is 6.32. The van der Waals surface area contributed by atoms with Gasteiger partial charge in [0.2, 0.25) is 0 Å². The second-order valence-corrected chi connectivity index (χ2v) is 7.54. The van der Waals surface area contributed by atoms with Crippen LogP contribution < -0.4 is 10.1 Å². The van der Waals surface area contributed by atoms with Gasteiger partial charge in [-0.1, -0.05) is 30.9 Å². The Kier molecular flexibility index (Phi) is 5.36. The van der Waals surface area contributed by atoms with E-state index in [1.54, 1.807) is 7.11 Å². The quantitative estimate of drug-likeness (QED) is 0.672. The van der Waals surface area contributed by atoms with E-state index in [0.717, 1.165) is 23.7 Å². The first kappa shape index (κ1) is 19.2. The molecule has 0 bridgehead atoms. The van der Waals surface area contributed by atoms with Crippen molar-refractivity contribution in [2.45, 2.75) is 38.1 Å². The number of rotatable bonds is 4. The Morgan fingerprint density at radius 1 is 1.31 bits per heavy atom. The van der Waals surface area contributed by atoms with Crippen LogP contribution in [0, 0.1) is 11.3 Å². The molecule has 0 saturated heterocycles. The van der Waals surface area contributed by atoms with Crippen molar-refractivity contribution in [2.24, 2.45) is 0 Å². The number of hydrogen-bond donors (Lipinski definition) is 1. The number of carbonyl (C=O) groups excluding carboxylic acids is 1. The Bertz CT molecular complexity index is 1110. The smallest absolute Gasteiger partial charge is 0.257 e. The van der Waals surface area contributed by atoms with Crippen LogP contribution >= 0.6 is 11.6 Å².